The molecule has 0 bridgehead atoms. The fourth-order valence-electron chi connectivity index (χ4n) is 2.83. The van der Waals surface area contributed by atoms with E-state index in [2.05, 4.69) is 0 Å². The molecule has 1 aliphatic rings. The summed E-state index contributed by atoms with van der Waals surface area (Å²) < 4.78 is 32.6. The van der Waals surface area contributed by atoms with Gasteiger partial charge in [0.1, 0.15) is 6.04 Å². The Morgan fingerprint density at radius 3 is 2.28 bits per heavy atom. The summed E-state index contributed by atoms with van der Waals surface area (Å²) in [4.78, 5) is 12.3. The van der Waals surface area contributed by atoms with Crippen LogP contribution in [0.25, 0.3) is 0 Å². The number of nitrogens with zero attached hydrogens (tertiary/aromatic N) is 1. The van der Waals surface area contributed by atoms with Gasteiger partial charge in [-0.1, -0.05) is 48.0 Å². The highest BCUT2D eigenvalue weighted by atomic mass is 32.2. The molecule has 2 aromatic carbocycles. The summed E-state index contributed by atoms with van der Waals surface area (Å²) in [5.74, 6) is -0.764. The van der Waals surface area contributed by atoms with Crippen LogP contribution >= 0.6 is 0 Å². The normalized spacial score (nSPS) is 19.7. The molecular weight excluding hydrogens is 341 g/mol. The van der Waals surface area contributed by atoms with E-state index in [4.69, 9.17) is 4.65 Å². The Balaban J connectivity index is 2.12. The molecule has 0 saturated carbocycles. The molecule has 2 atom stereocenters. The van der Waals surface area contributed by atoms with Gasteiger partial charge in [-0.05, 0) is 31.4 Å². The zero-order valence-electron chi connectivity index (χ0n) is 13.9. The Morgan fingerprint density at radius 2 is 1.72 bits per heavy atom. The van der Waals surface area contributed by atoms with E-state index in [0.717, 1.165) is 9.78 Å². The number of carbonyl (C=O) groups is 1. The van der Waals surface area contributed by atoms with Crippen LogP contribution < -0.4 is 5.46 Å². The van der Waals surface area contributed by atoms with Crippen molar-refractivity contribution in [1.82, 2.24) is 4.22 Å². The van der Waals surface area contributed by atoms with E-state index in [9.17, 15) is 18.3 Å². The number of aliphatic hydroxyl groups is 1. The third-order valence-corrected chi connectivity index (χ3v) is 5.95. The monoisotopic (exact) mass is 359 g/mol. The van der Waals surface area contributed by atoms with Gasteiger partial charge in [0.05, 0.1) is 11.0 Å². The lowest BCUT2D eigenvalue weighted by molar-refractivity contribution is -0.136. The quantitative estimate of drug-likeness (QED) is 0.812. The van der Waals surface area contributed by atoms with Crippen molar-refractivity contribution in [2.45, 2.75) is 30.9 Å². The summed E-state index contributed by atoms with van der Waals surface area (Å²) in [5.41, 5.74) is 1.44. The summed E-state index contributed by atoms with van der Waals surface area (Å²) >= 11 is 0. The second-order valence-electron chi connectivity index (χ2n) is 6.03. The molecule has 1 N–H and O–H groups in total. The van der Waals surface area contributed by atoms with Gasteiger partial charge in [0, 0.05) is 0 Å². The molecule has 25 heavy (non-hydrogen) atoms. The maximum atomic E-state index is 13.2. The van der Waals surface area contributed by atoms with E-state index in [1.807, 2.05) is 6.92 Å². The number of aryl methyl sites for hydroxylation is 1. The molecule has 1 aliphatic heterocycles. The van der Waals surface area contributed by atoms with Crippen molar-refractivity contribution in [3.63, 3.8) is 0 Å². The number of sulfonamides is 1. The minimum absolute atomic E-state index is 0.0444. The minimum atomic E-state index is -4.05. The number of hydrogen-bond acceptors (Lipinski definition) is 5. The molecule has 0 aromatic heterocycles. The van der Waals surface area contributed by atoms with Crippen molar-refractivity contribution < 1.29 is 23.0 Å². The molecule has 1 saturated heterocycles. The van der Waals surface area contributed by atoms with Crippen molar-refractivity contribution in [3.8, 4) is 0 Å². The van der Waals surface area contributed by atoms with Crippen LogP contribution in [0, 0.1) is 6.92 Å². The number of benzene rings is 2. The molecule has 0 amide bonds. The lowest BCUT2D eigenvalue weighted by Crippen LogP contribution is -2.53. The van der Waals surface area contributed by atoms with Gasteiger partial charge in [-0.3, -0.25) is 4.79 Å². The second kappa shape index (κ2) is 6.63. The highest BCUT2D eigenvalue weighted by molar-refractivity contribution is 7.90. The molecule has 0 unspecified atom stereocenters. The number of rotatable bonds is 4. The first-order valence-corrected chi connectivity index (χ1v) is 9.30. The molecule has 130 valence electrons. The first-order chi connectivity index (χ1) is 11.8. The van der Waals surface area contributed by atoms with Gasteiger partial charge in [0.2, 0.25) is 10.0 Å². The molecule has 3 rings (SSSR count). The van der Waals surface area contributed by atoms with Crippen molar-refractivity contribution in [2.75, 3.05) is 0 Å². The summed E-state index contributed by atoms with van der Waals surface area (Å²) in [6.45, 7) is 3.22. The van der Waals surface area contributed by atoms with Gasteiger partial charge in [0.15, 0.2) is 0 Å². The molecule has 2 aromatic rings. The summed E-state index contributed by atoms with van der Waals surface area (Å²) in [5, 5.41) is 10.0. The third-order valence-electron chi connectivity index (χ3n) is 4.11. The molecule has 0 spiro atoms. The predicted molar refractivity (Wildman–Crippen MR) is 93.6 cm³/mol. The van der Waals surface area contributed by atoms with E-state index in [0.29, 0.717) is 5.46 Å². The fourth-order valence-corrected chi connectivity index (χ4v) is 4.53. The van der Waals surface area contributed by atoms with Crippen LogP contribution in [0.1, 0.15) is 12.5 Å². The Hall–Kier alpha value is -2.16. The van der Waals surface area contributed by atoms with Crippen LogP contribution in [0.15, 0.2) is 59.5 Å². The van der Waals surface area contributed by atoms with Crippen LogP contribution in [-0.4, -0.2) is 42.9 Å². The van der Waals surface area contributed by atoms with Gasteiger partial charge >= 0.3 is 13.0 Å². The second-order valence-corrected chi connectivity index (χ2v) is 7.88. The lowest BCUT2D eigenvalue weighted by atomic mass is 9.74. The Bertz CT molecular complexity index is 868. The van der Waals surface area contributed by atoms with E-state index in [1.165, 1.54) is 19.1 Å². The number of carbonyl (C=O) groups excluding carboxylic acids is 1. The Labute approximate surface area is 147 Å². The Morgan fingerprint density at radius 1 is 1.12 bits per heavy atom. The highest BCUT2D eigenvalue weighted by Crippen LogP contribution is 2.27. The predicted octanol–water partition coefficient (Wildman–Crippen LogP) is 0.687. The van der Waals surface area contributed by atoms with Crippen LogP contribution in [0.2, 0.25) is 0 Å². The first-order valence-electron chi connectivity index (χ1n) is 7.86. The highest BCUT2D eigenvalue weighted by Gasteiger charge is 2.55. The maximum absolute atomic E-state index is 13.2. The van der Waals surface area contributed by atoms with Crippen molar-refractivity contribution in [2.24, 2.45) is 0 Å². The smallest absolute Gasteiger partial charge is 0.502 e. The summed E-state index contributed by atoms with van der Waals surface area (Å²) in [6.07, 6.45) is -1.21. The minimum Gasteiger partial charge on any atom is -0.514 e. The first kappa shape index (κ1) is 17.7. The van der Waals surface area contributed by atoms with Crippen molar-refractivity contribution in [1.29, 1.82) is 0 Å². The van der Waals surface area contributed by atoms with Gasteiger partial charge in [-0.2, -0.15) is 4.22 Å². The van der Waals surface area contributed by atoms with Crippen LogP contribution in [0.5, 0.6) is 0 Å². The van der Waals surface area contributed by atoms with E-state index >= 15 is 0 Å². The van der Waals surface area contributed by atoms with E-state index in [1.54, 1.807) is 42.5 Å². The Kier molecular flexibility index (Phi) is 4.68. The average molecular weight is 359 g/mol. The summed E-state index contributed by atoms with van der Waals surface area (Å²) in [7, 11) is -5.16. The van der Waals surface area contributed by atoms with Gasteiger partial charge in [-0.25, -0.2) is 8.42 Å². The van der Waals surface area contributed by atoms with Gasteiger partial charge in [-0.15, -0.1) is 0 Å². The van der Waals surface area contributed by atoms with Gasteiger partial charge < -0.3 is 9.76 Å². The standard InChI is InChI=1S/C17H18BNO5S/c1-12-8-10-15(11-9-12)25(22,23)19-16(13(2)20)17(21)24-18(19)14-6-4-3-5-7-14/h3-11,13,16,20H,1-2H3/t13-,16-/m0/s1. The molecule has 0 radical (unpaired) electrons. The van der Waals surface area contributed by atoms with Crippen LogP contribution in [0.3, 0.4) is 0 Å². The van der Waals surface area contributed by atoms with Crippen molar-refractivity contribution in [3.05, 3.63) is 60.2 Å². The number of hydrogen-bond donors (Lipinski definition) is 1. The number of aliphatic hydroxyl groups excluding tert-OH is 1. The molecule has 1 fully saturated rings. The molecule has 0 aliphatic carbocycles. The maximum Gasteiger partial charge on any atom is 0.502 e. The van der Waals surface area contributed by atoms with Crippen LogP contribution in [-0.2, 0) is 19.5 Å². The van der Waals surface area contributed by atoms with E-state index in [-0.39, 0.29) is 4.90 Å². The molecular formula is C17H18BNO5S. The largest absolute Gasteiger partial charge is 0.514 e. The topological polar surface area (TPSA) is 83.9 Å². The van der Waals surface area contributed by atoms with Crippen molar-refractivity contribution >= 4 is 28.5 Å². The molecule has 8 heteroatoms. The lowest BCUT2D eigenvalue weighted by Gasteiger charge is -2.25. The average Bonchev–Trinajstić information content (AvgIpc) is 2.94. The SMILES string of the molecule is Cc1ccc(S(=O)(=O)N2B(c3ccccc3)OC(=O)[C@@H]2[C@H](C)O)cc1. The zero-order chi connectivity index (χ0) is 18.2. The van der Waals surface area contributed by atoms with E-state index < -0.39 is 35.2 Å². The molecule has 6 nitrogen and oxygen atoms in total. The van der Waals surface area contributed by atoms with Gasteiger partial charge in [0.25, 0.3) is 0 Å². The third kappa shape index (κ3) is 3.20. The van der Waals surface area contributed by atoms with Crippen LogP contribution in [0.4, 0.5) is 0 Å². The molecule has 1 heterocycles. The summed E-state index contributed by atoms with van der Waals surface area (Å²) in [6, 6.07) is 13.6. The fraction of sp³-hybridized carbons (Fsp3) is 0.235. The zero-order valence-corrected chi connectivity index (χ0v) is 14.7.